The fraction of sp³-hybridized carbons (Fsp3) is 0.273. The largest absolute Gasteiger partial charge is 0.397 e. The Bertz CT molecular complexity index is 511. The molecule has 0 amide bonds. The summed E-state index contributed by atoms with van der Waals surface area (Å²) >= 11 is 1.82. The standard InChI is InChI=1S/C11H14N4OS/c1-2-6-17-7-5-13-9-4-3-8(12)10-11(9)15-16-14-10/h2-4,13H,1,5-7,12H2. The molecule has 0 bridgehead atoms. The third-order valence-corrected chi connectivity index (χ3v) is 3.21. The van der Waals surface area contributed by atoms with Crippen LogP contribution in [-0.2, 0) is 0 Å². The molecule has 2 rings (SSSR count). The smallest absolute Gasteiger partial charge is 0.160 e. The zero-order chi connectivity index (χ0) is 12.1. The number of anilines is 2. The summed E-state index contributed by atoms with van der Waals surface area (Å²) in [6.45, 7) is 4.53. The summed E-state index contributed by atoms with van der Waals surface area (Å²) in [5.74, 6) is 1.97. The van der Waals surface area contributed by atoms with Crippen molar-refractivity contribution in [2.45, 2.75) is 0 Å². The molecule has 0 spiro atoms. The number of nitrogen functional groups attached to an aromatic ring is 1. The monoisotopic (exact) mass is 250 g/mol. The number of thioether (sulfide) groups is 1. The third-order valence-electron chi connectivity index (χ3n) is 2.24. The molecule has 0 saturated heterocycles. The molecule has 17 heavy (non-hydrogen) atoms. The first-order valence-electron chi connectivity index (χ1n) is 5.26. The summed E-state index contributed by atoms with van der Waals surface area (Å²) in [5, 5.41) is 10.9. The Labute approximate surface area is 103 Å². The van der Waals surface area contributed by atoms with E-state index in [9.17, 15) is 0 Å². The molecule has 0 atom stereocenters. The van der Waals surface area contributed by atoms with Crippen LogP contribution in [0, 0.1) is 0 Å². The second kappa shape index (κ2) is 5.58. The topological polar surface area (TPSA) is 77.0 Å². The van der Waals surface area contributed by atoms with Crippen molar-refractivity contribution >= 4 is 34.2 Å². The highest BCUT2D eigenvalue weighted by Crippen LogP contribution is 2.24. The quantitative estimate of drug-likeness (QED) is 0.464. The number of rotatable bonds is 6. The van der Waals surface area contributed by atoms with Crippen molar-refractivity contribution in [1.29, 1.82) is 0 Å². The van der Waals surface area contributed by atoms with E-state index in [4.69, 9.17) is 10.4 Å². The van der Waals surface area contributed by atoms with Crippen molar-refractivity contribution in [3.05, 3.63) is 24.8 Å². The molecule has 0 aliphatic rings. The van der Waals surface area contributed by atoms with Crippen LogP contribution < -0.4 is 11.1 Å². The zero-order valence-electron chi connectivity index (χ0n) is 9.35. The summed E-state index contributed by atoms with van der Waals surface area (Å²) < 4.78 is 4.69. The molecule has 1 heterocycles. The summed E-state index contributed by atoms with van der Waals surface area (Å²) in [6, 6.07) is 3.69. The molecule has 1 aromatic carbocycles. The molecule has 0 aliphatic heterocycles. The van der Waals surface area contributed by atoms with Crippen LogP contribution in [0.1, 0.15) is 0 Å². The van der Waals surface area contributed by atoms with Crippen LogP contribution in [0.5, 0.6) is 0 Å². The minimum atomic E-state index is 0.577. The molecule has 0 radical (unpaired) electrons. The summed E-state index contributed by atoms with van der Waals surface area (Å²) in [5.41, 5.74) is 8.52. The molecule has 6 heteroatoms. The minimum Gasteiger partial charge on any atom is -0.397 e. The highest BCUT2D eigenvalue weighted by atomic mass is 32.2. The molecule has 3 N–H and O–H groups in total. The highest BCUT2D eigenvalue weighted by molar-refractivity contribution is 7.99. The molecule has 0 unspecified atom stereocenters. The van der Waals surface area contributed by atoms with E-state index in [-0.39, 0.29) is 0 Å². The number of aromatic nitrogens is 2. The molecule has 0 fully saturated rings. The van der Waals surface area contributed by atoms with Gasteiger partial charge in [0.1, 0.15) is 0 Å². The van der Waals surface area contributed by atoms with E-state index in [2.05, 4.69) is 22.2 Å². The Morgan fingerprint density at radius 2 is 2.24 bits per heavy atom. The van der Waals surface area contributed by atoms with E-state index in [0.717, 1.165) is 23.7 Å². The molecular weight excluding hydrogens is 236 g/mol. The van der Waals surface area contributed by atoms with E-state index in [1.54, 1.807) is 6.07 Å². The van der Waals surface area contributed by atoms with E-state index in [1.807, 2.05) is 23.9 Å². The Morgan fingerprint density at radius 3 is 3.06 bits per heavy atom. The number of fused-ring (bicyclic) bond motifs is 1. The maximum absolute atomic E-state index is 5.76. The number of hydrogen-bond donors (Lipinski definition) is 2. The van der Waals surface area contributed by atoms with E-state index in [0.29, 0.717) is 16.7 Å². The lowest BCUT2D eigenvalue weighted by Crippen LogP contribution is -2.05. The number of nitrogens with zero attached hydrogens (tertiary/aromatic N) is 2. The Balaban J connectivity index is 2.01. The molecule has 90 valence electrons. The van der Waals surface area contributed by atoms with Crippen molar-refractivity contribution < 1.29 is 4.63 Å². The van der Waals surface area contributed by atoms with Crippen LogP contribution in [0.2, 0.25) is 0 Å². The maximum atomic E-state index is 5.76. The third kappa shape index (κ3) is 2.71. The second-order valence-corrected chi connectivity index (χ2v) is 4.60. The van der Waals surface area contributed by atoms with Gasteiger partial charge in [0, 0.05) is 18.1 Å². The summed E-state index contributed by atoms with van der Waals surface area (Å²) in [6.07, 6.45) is 1.90. The number of hydrogen-bond acceptors (Lipinski definition) is 6. The van der Waals surface area contributed by atoms with Gasteiger partial charge in [-0.2, -0.15) is 11.8 Å². The maximum Gasteiger partial charge on any atom is 0.160 e. The summed E-state index contributed by atoms with van der Waals surface area (Å²) in [4.78, 5) is 0. The van der Waals surface area contributed by atoms with Gasteiger partial charge >= 0.3 is 0 Å². The fourth-order valence-corrected chi connectivity index (χ4v) is 2.03. The lowest BCUT2D eigenvalue weighted by molar-refractivity contribution is 0.316. The van der Waals surface area contributed by atoms with Gasteiger partial charge in [-0.15, -0.1) is 6.58 Å². The lowest BCUT2D eigenvalue weighted by Gasteiger charge is -2.06. The van der Waals surface area contributed by atoms with Gasteiger partial charge in [0.15, 0.2) is 11.0 Å². The highest BCUT2D eigenvalue weighted by Gasteiger charge is 2.09. The fourth-order valence-electron chi connectivity index (χ4n) is 1.45. The van der Waals surface area contributed by atoms with Gasteiger partial charge in [-0.05, 0) is 22.4 Å². The average Bonchev–Trinajstić information content (AvgIpc) is 2.81. The van der Waals surface area contributed by atoms with Gasteiger partial charge in [0.2, 0.25) is 0 Å². The minimum absolute atomic E-state index is 0.577. The van der Waals surface area contributed by atoms with Crippen LogP contribution in [0.15, 0.2) is 29.4 Å². The molecule has 2 aromatic rings. The normalized spacial score (nSPS) is 10.6. The van der Waals surface area contributed by atoms with Crippen molar-refractivity contribution in [2.75, 3.05) is 29.1 Å². The van der Waals surface area contributed by atoms with Crippen molar-refractivity contribution in [3.8, 4) is 0 Å². The lowest BCUT2D eigenvalue weighted by atomic mass is 10.2. The van der Waals surface area contributed by atoms with Gasteiger partial charge < -0.3 is 11.1 Å². The molecule has 5 nitrogen and oxygen atoms in total. The van der Waals surface area contributed by atoms with E-state index in [1.165, 1.54) is 0 Å². The second-order valence-electron chi connectivity index (χ2n) is 3.45. The van der Waals surface area contributed by atoms with E-state index >= 15 is 0 Å². The number of nitrogens with two attached hydrogens (primary N) is 1. The Hall–Kier alpha value is -1.69. The van der Waals surface area contributed by atoms with Crippen molar-refractivity contribution in [1.82, 2.24) is 10.3 Å². The van der Waals surface area contributed by atoms with E-state index < -0.39 is 0 Å². The van der Waals surface area contributed by atoms with Gasteiger partial charge in [-0.3, -0.25) is 0 Å². The van der Waals surface area contributed by atoms with Crippen molar-refractivity contribution in [3.63, 3.8) is 0 Å². The van der Waals surface area contributed by atoms with Crippen LogP contribution in [0.3, 0.4) is 0 Å². The van der Waals surface area contributed by atoms with Crippen LogP contribution in [0.4, 0.5) is 11.4 Å². The molecule has 1 aromatic heterocycles. The first-order chi connectivity index (χ1) is 8.33. The predicted molar refractivity (Wildman–Crippen MR) is 72.2 cm³/mol. The number of benzene rings is 1. The zero-order valence-corrected chi connectivity index (χ0v) is 10.2. The van der Waals surface area contributed by atoms with Crippen molar-refractivity contribution in [2.24, 2.45) is 0 Å². The summed E-state index contributed by atoms with van der Waals surface area (Å²) in [7, 11) is 0. The van der Waals surface area contributed by atoms with Crippen LogP contribution >= 0.6 is 11.8 Å². The molecule has 0 aliphatic carbocycles. The van der Waals surface area contributed by atoms with Gasteiger partial charge in [-0.1, -0.05) is 6.08 Å². The Kier molecular flexibility index (Phi) is 3.87. The molecule has 0 saturated carbocycles. The molecular formula is C11H14N4OS. The SMILES string of the molecule is C=CCSCCNc1ccc(N)c2nonc12. The number of nitrogens with one attached hydrogen (secondary N) is 1. The van der Waals surface area contributed by atoms with Gasteiger partial charge in [0.05, 0.1) is 11.4 Å². The first-order valence-corrected chi connectivity index (χ1v) is 6.41. The van der Waals surface area contributed by atoms with Crippen LogP contribution in [-0.4, -0.2) is 28.4 Å². The average molecular weight is 250 g/mol. The predicted octanol–water partition coefficient (Wildman–Crippen LogP) is 2.14. The van der Waals surface area contributed by atoms with Crippen LogP contribution in [0.25, 0.3) is 11.0 Å². The Morgan fingerprint density at radius 1 is 1.41 bits per heavy atom. The van der Waals surface area contributed by atoms with Gasteiger partial charge in [0.25, 0.3) is 0 Å². The first kappa shape index (κ1) is 11.8. The van der Waals surface area contributed by atoms with Gasteiger partial charge in [-0.25, -0.2) is 4.63 Å².